The van der Waals surface area contributed by atoms with Crippen molar-refractivity contribution in [1.82, 2.24) is 0 Å². The molecule has 94 valence electrons. The number of carbonyl (C=O) groups is 1. The second-order valence-electron chi connectivity index (χ2n) is 4.12. The molecule has 0 spiro atoms. The lowest BCUT2D eigenvalue weighted by Crippen LogP contribution is -2.24. The summed E-state index contributed by atoms with van der Waals surface area (Å²) in [5.74, 6) is -0.0198. The normalized spacial score (nSPS) is 18.8. The molecule has 1 N–H and O–H groups in total. The first kappa shape index (κ1) is 12.5. The van der Waals surface area contributed by atoms with Gasteiger partial charge in [0.15, 0.2) is 0 Å². The molecule has 1 aliphatic rings. The minimum atomic E-state index is -0.0325. The number of phenolic OH excluding ortho intramolecular Hbond substituents is 1. The molecule has 1 aromatic carbocycles. The Bertz CT molecular complexity index is 528. The second-order valence-corrected chi connectivity index (χ2v) is 4.53. The molecule has 2 rings (SSSR count). The summed E-state index contributed by atoms with van der Waals surface area (Å²) in [6.45, 7) is 0.809. The smallest absolute Gasteiger partial charge is 0.227 e. The molecule has 0 bridgehead atoms. The van der Waals surface area contributed by atoms with Crippen molar-refractivity contribution in [3.8, 4) is 5.75 Å². The molecule has 1 amide bonds. The number of rotatable bonds is 3. The fraction of sp³-hybridized carbons (Fsp3) is 0.364. The minimum absolute atomic E-state index is 0.0160. The summed E-state index contributed by atoms with van der Waals surface area (Å²) in [4.78, 5) is 16.1. The maximum Gasteiger partial charge on any atom is 0.227 e. The highest BCUT2D eigenvalue weighted by atomic mass is 35.5. The van der Waals surface area contributed by atoms with E-state index in [1.165, 1.54) is 6.07 Å². The minimum Gasteiger partial charge on any atom is -0.506 e. The molecule has 6 nitrogen and oxygen atoms in total. The Morgan fingerprint density at radius 2 is 2.39 bits per heavy atom. The summed E-state index contributed by atoms with van der Waals surface area (Å²) in [6, 6.07) is 4.63. The molecule has 0 saturated carbocycles. The van der Waals surface area contributed by atoms with Crippen molar-refractivity contribution in [2.45, 2.75) is 6.42 Å². The Labute approximate surface area is 108 Å². The first-order valence-electron chi connectivity index (χ1n) is 5.41. The van der Waals surface area contributed by atoms with E-state index in [0.29, 0.717) is 25.2 Å². The van der Waals surface area contributed by atoms with Crippen LogP contribution in [-0.4, -0.2) is 24.1 Å². The second kappa shape index (κ2) is 5.16. The van der Waals surface area contributed by atoms with Gasteiger partial charge in [0.05, 0.1) is 5.02 Å². The maximum atomic E-state index is 11.8. The van der Waals surface area contributed by atoms with Crippen molar-refractivity contribution >= 4 is 23.2 Å². The Hall–Kier alpha value is -1.91. The van der Waals surface area contributed by atoms with Gasteiger partial charge in [-0.05, 0) is 29.6 Å². The van der Waals surface area contributed by atoms with Crippen LogP contribution in [0.3, 0.4) is 0 Å². The number of azide groups is 1. The highest BCUT2D eigenvalue weighted by molar-refractivity contribution is 6.32. The maximum absolute atomic E-state index is 11.8. The van der Waals surface area contributed by atoms with E-state index < -0.39 is 0 Å². The van der Waals surface area contributed by atoms with E-state index in [2.05, 4.69) is 10.0 Å². The van der Waals surface area contributed by atoms with Crippen LogP contribution >= 0.6 is 11.6 Å². The number of anilines is 1. The molecule has 0 aromatic heterocycles. The highest BCUT2D eigenvalue weighted by Gasteiger charge is 2.30. The summed E-state index contributed by atoms with van der Waals surface area (Å²) in [7, 11) is 0. The van der Waals surface area contributed by atoms with Crippen molar-refractivity contribution in [3.63, 3.8) is 0 Å². The van der Waals surface area contributed by atoms with E-state index in [1.807, 2.05) is 0 Å². The van der Waals surface area contributed by atoms with Crippen LogP contribution in [0.15, 0.2) is 23.3 Å². The van der Waals surface area contributed by atoms with E-state index in [4.69, 9.17) is 17.1 Å². The van der Waals surface area contributed by atoms with Crippen LogP contribution < -0.4 is 4.90 Å². The Balaban J connectivity index is 2.16. The van der Waals surface area contributed by atoms with E-state index in [-0.39, 0.29) is 22.6 Å². The van der Waals surface area contributed by atoms with E-state index in [0.717, 1.165) is 0 Å². The van der Waals surface area contributed by atoms with Crippen LogP contribution in [0.5, 0.6) is 5.75 Å². The molecule has 0 radical (unpaired) electrons. The number of hydrogen-bond acceptors (Lipinski definition) is 3. The first-order chi connectivity index (χ1) is 8.61. The molecule has 0 aliphatic carbocycles. The van der Waals surface area contributed by atoms with Gasteiger partial charge < -0.3 is 10.0 Å². The average Bonchev–Trinajstić information content (AvgIpc) is 2.71. The van der Waals surface area contributed by atoms with Gasteiger partial charge >= 0.3 is 0 Å². The molecule has 1 saturated heterocycles. The van der Waals surface area contributed by atoms with Gasteiger partial charge in [0.25, 0.3) is 0 Å². The van der Waals surface area contributed by atoms with Crippen LogP contribution in [0, 0.1) is 5.92 Å². The number of hydrogen-bond donors (Lipinski definition) is 1. The molecule has 1 aromatic rings. The lowest BCUT2D eigenvalue weighted by atomic mass is 10.1. The molecule has 1 fully saturated rings. The standard InChI is InChI=1S/C11H11ClN4O2/c12-9-4-8(1-2-10(9)17)16-6-7(3-11(16)18)5-14-15-13/h1-2,4,7,17H,3,5-6H2. The predicted molar refractivity (Wildman–Crippen MR) is 67.6 cm³/mol. The molecular weight excluding hydrogens is 256 g/mol. The Morgan fingerprint density at radius 3 is 3.06 bits per heavy atom. The topological polar surface area (TPSA) is 89.3 Å². The van der Waals surface area contributed by atoms with Crippen molar-refractivity contribution in [2.24, 2.45) is 11.0 Å². The van der Waals surface area contributed by atoms with Crippen LogP contribution in [0.2, 0.25) is 5.02 Å². The van der Waals surface area contributed by atoms with Crippen LogP contribution in [0.1, 0.15) is 6.42 Å². The number of carbonyl (C=O) groups excluding carboxylic acids is 1. The van der Waals surface area contributed by atoms with Gasteiger partial charge in [0, 0.05) is 30.1 Å². The van der Waals surface area contributed by atoms with Crippen molar-refractivity contribution in [3.05, 3.63) is 33.7 Å². The number of halogens is 1. The number of aromatic hydroxyl groups is 1. The summed E-state index contributed by atoms with van der Waals surface area (Å²) in [6.07, 6.45) is 0.359. The van der Waals surface area contributed by atoms with Crippen LogP contribution in [0.25, 0.3) is 10.4 Å². The average molecular weight is 267 g/mol. The fourth-order valence-electron chi connectivity index (χ4n) is 1.97. The number of benzene rings is 1. The van der Waals surface area contributed by atoms with Crippen molar-refractivity contribution in [1.29, 1.82) is 0 Å². The van der Waals surface area contributed by atoms with Gasteiger partial charge in [-0.15, -0.1) is 0 Å². The Morgan fingerprint density at radius 1 is 1.61 bits per heavy atom. The highest BCUT2D eigenvalue weighted by Crippen LogP contribution is 2.31. The third-order valence-corrected chi connectivity index (χ3v) is 3.15. The van der Waals surface area contributed by atoms with E-state index >= 15 is 0 Å². The third kappa shape index (κ3) is 2.50. The first-order valence-corrected chi connectivity index (χ1v) is 5.79. The zero-order chi connectivity index (χ0) is 13.1. The summed E-state index contributed by atoms with van der Waals surface area (Å²) in [5.41, 5.74) is 8.90. The lowest BCUT2D eigenvalue weighted by molar-refractivity contribution is -0.117. The zero-order valence-electron chi connectivity index (χ0n) is 9.45. The molecule has 1 unspecified atom stereocenters. The Kier molecular flexibility index (Phi) is 3.60. The third-order valence-electron chi connectivity index (χ3n) is 2.85. The van der Waals surface area contributed by atoms with Crippen molar-refractivity contribution < 1.29 is 9.90 Å². The van der Waals surface area contributed by atoms with Gasteiger partial charge in [0.1, 0.15) is 5.75 Å². The monoisotopic (exact) mass is 266 g/mol. The lowest BCUT2D eigenvalue weighted by Gasteiger charge is -2.17. The summed E-state index contributed by atoms with van der Waals surface area (Å²) in [5, 5.41) is 13.0. The molecule has 18 heavy (non-hydrogen) atoms. The largest absolute Gasteiger partial charge is 0.506 e. The van der Waals surface area contributed by atoms with Crippen LogP contribution in [0.4, 0.5) is 5.69 Å². The van der Waals surface area contributed by atoms with E-state index in [1.54, 1.807) is 17.0 Å². The van der Waals surface area contributed by atoms with Crippen molar-refractivity contribution in [2.75, 3.05) is 18.0 Å². The number of amides is 1. The van der Waals surface area contributed by atoms with Gasteiger partial charge in [-0.3, -0.25) is 4.79 Å². The molecular formula is C11H11ClN4O2. The van der Waals surface area contributed by atoms with Gasteiger partial charge in [-0.1, -0.05) is 16.7 Å². The number of phenols is 1. The predicted octanol–water partition coefficient (Wildman–Crippen LogP) is 2.71. The molecule has 1 aliphatic heterocycles. The van der Waals surface area contributed by atoms with E-state index in [9.17, 15) is 9.90 Å². The number of nitrogens with zero attached hydrogens (tertiary/aromatic N) is 4. The van der Waals surface area contributed by atoms with Crippen LogP contribution in [-0.2, 0) is 4.79 Å². The zero-order valence-corrected chi connectivity index (χ0v) is 10.2. The summed E-state index contributed by atoms with van der Waals surface area (Å²) < 4.78 is 0. The van der Waals surface area contributed by atoms with Gasteiger partial charge in [-0.25, -0.2) is 0 Å². The quantitative estimate of drug-likeness (QED) is 0.518. The molecule has 7 heteroatoms. The fourth-order valence-corrected chi connectivity index (χ4v) is 2.14. The summed E-state index contributed by atoms with van der Waals surface area (Å²) >= 11 is 5.81. The van der Waals surface area contributed by atoms with Gasteiger partial charge in [0.2, 0.25) is 5.91 Å². The SMILES string of the molecule is [N-]=[N+]=NCC1CC(=O)N(c2ccc(O)c(Cl)c2)C1. The molecule has 1 heterocycles. The molecule has 1 atom stereocenters. The van der Waals surface area contributed by atoms with Gasteiger partial charge in [-0.2, -0.15) is 0 Å².